The first-order valence-corrected chi connectivity index (χ1v) is 9.29. The summed E-state index contributed by atoms with van der Waals surface area (Å²) in [5.74, 6) is 0. The van der Waals surface area contributed by atoms with Gasteiger partial charge in [-0.15, -0.1) is 11.8 Å². The van der Waals surface area contributed by atoms with Crippen LogP contribution < -0.4 is 21.3 Å². The zero-order valence-corrected chi connectivity index (χ0v) is 14.7. The predicted molar refractivity (Wildman–Crippen MR) is 102 cm³/mol. The van der Waals surface area contributed by atoms with Crippen molar-refractivity contribution in [2.45, 2.75) is 31.2 Å². The maximum absolute atomic E-state index is 6.20. The fourth-order valence-electron chi connectivity index (χ4n) is 3.62. The van der Waals surface area contributed by atoms with Gasteiger partial charge in [-0.2, -0.15) is 0 Å². The Morgan fingerprint density at radius 2 is 2.12 bits per heavy atom. The summed E-state index contributed by atoms with van der Waals surface area (Å²) in [6, 6.07) is 2.34. The molecule has 4 N–H and O–H groups in total. The van der Waals surface area contributed by atoms with Crippen molar-refractivity contribution >= 4 is 23.1 Å². The molecular formula is C18H23N5S. The van der Waals surface area contributed by atoms with Gasteiger partial charge in [0.1, 0.15) is 0 Å². The van der Waals surface area contributed by atoms with Crippen molar-refractivity contribution in [3.8, 4) is 0 Å². The van der Waals surface area contributed by atoms with Crippen molar-refractivity contribution in [1.82, 2.24) is 4.98 Å². The predicted octanol–water partition coefficient (Wildman–Crippen LogP) is 2.53. The van der Waals surface area contributed by atoms with Gasteiger partial charge in [-0.05, 0) is 44.1 Å². The number of hydrogen-bond donors (Lipinski definition) is 2. The SMILES string of the molecule is CC1=CC=C2SC(N)C=C2N1c1cnccc1N1CCC[C@@H](N)C1. The van der Waals surface area contributed by atoms with Crippen molar-refractivity contribution in [1.29, 1.82) is 0 Å². The highest BCUT2D eigenvalue weighted by atomic mass is 32.2. The second-order valence-corrected chi connectivity index (χ2v) is 7.74. The van der Waals surface area contributed by atoms with Crippen molar-refractivity contribution in [3.63, 3.8) is 0 Å². The van der Waals surface area contributed by atoms with E-state index in [0.29, 0.717) is 0 Å². The number of thioether (sulfide) groups is 1. The number of allylic oxidation sites excluding steroid dienone is 3. The normalized spacial score (nSPS) is 26.7. The molecule has 6 heteroatoms. The Morgan fingerprint density at radius 1 is 1.25 bits per heavy atom. The minimum Gasteiger partial charge on any atom is -0.368 e. The van der Waals surface area contributed by atoms with E-state index >= 15 is 0 Å². The molecule has 1 unspecified atom stereocenters. The van der Waals surface area contributed by atoms with E-state index in [9.17, 15) is 0 Å². The Hall–Kier alpha value is -1.76. The molecule has 4 heterocycles. The second kappa shape index (κ2) is 6.27. The lowest BCUT2D eigenvalue weighted by Crippen LogP contribution is -2.43. The lowest BCUT2D eigenvalue weighted by atomic mass is 10.1. The first-order chi connectivity index (χ1) is 11.6. The molecule has 2 atom stereocenters. The number of anilines is 2. The van der Waals surface area contributed by atoms with Crippen LogP contribution in [0.3, 0.4) is 0 Å². The van der Waals surface area contributed by atoms with Crippen molar-refractivity contribution in [3.05, 3.63) is 53.0 Å². The summed E-state index contributed by atoms with van der Waals surface area (Å²) in [5, 5.41) is 0.0107. The van der Waals surface area contributed by atoms with E-state index in [2.05, 4.69) is 46.0 Å². The molecule has 0 amide bonds. The van der Waals surface area contributed by atoms with Gasteiger partial charge in [-0.25, -0.2) is 0 Å². The van der Waals surface area contributed by atoms with Crippen LogP contribution >= 0.6 is 11.8 Å². The highest BCUT2D eigenvalue weighted by Gasteiger charge is 2.30. The van der Waals surface area contributed by atoms with Crippen molar-refractivity contribution < 1.29 is 0 Å². The molecule has 3 aliphatic heterocycles. The Morgan fingerprint density at radius 3 is 2.96 bits per heavy atom. The lowest BCUT2D eigenvalue weighted by Gasteiger charge is -2.37. The molecule has 5 nitrogen and oxygen atoms in total. The molecule has 0 aromatic carbocycles. The van der Waals surface area contributed by atoms with E-state index < -0.39 is 0 Å². The molecule has 1 saturated heterocycles. The van der Waals surface area contributed by atoms with Crippen LogP contribution in [0.5, 0.6) is 0 Å². The van der Waals surface area contributed by atoms with Crippen molar-refractivity contribution in [2.24, 2.45) is 11.5 Å². The summed E-state index contributed by atoms with van der Waals surface area (Å²) in [4.78, 5) is 10.3. The molecule has 0 radical (unpaired) electrons. The molecule has 0 aliphatic carbocycles. The first kappa shape index (κ1) is 15.7. The number of piperidine rings is 1. The van der Waals surface area contributed by atoms with E-state index in [-0.39, 0.29) is 11.4 Å². The van der Waals surface area contributed by atoms with E-state index in [4.69, 9.17) is 11.5 Å². The monoisotopic (exact) mass is 341 g/mol. The maximum Gasteiger partial charge on any atom is 0.0878 e. The summed E-state index contributed by atoms with van der Waals surface area (Å²) in [7, 11) is 0. The Balaban J connectivity index is 1.75. The quantitative estimate of drug-likeness (QED) is 0.861. The smallest absolute Gasteiger partial charge is 0.0878 e. The number of rotatable bonds is 2. The standard InChI is InChI=1S/C18H23N5S/c1-12-4-5-17-15(9-18(20)24-17)23(12)16-10-21-7-6-14(16)22-8-2-3-13(19)11-22/h4-7,9-10,13,18H,2-3,8,11,19-20H2,1H3/t13-,18?/m1/s1. The van der Waals surface area contributed by atoms with Crippen LogP contribution in [0.2, 0.25) is 0 Å². The lowest BCUT2D eigenvalue weighted by molar-refractivity contribution is 0.506. The molecule has 3 aliphatic rings. The summed E-state index contributed by atoms with van der Waals surface area (Å²) >= 11 is 1.70. The van der Waals surface area contributed by atoms with Crippen LogP contribution in [0.1, 0.15) is 19.8 Å². The minimum atomic E-state index is 0.0107. The molecule has 0 bridgehead atoms. The van der Waals surface area contributed by atoms with Gasteiger partial charge in [-0.1, -0.05) is 0 Å². The van der Waals surface area contributed by atoms with Gasteiger partial charge in [0.05, 0.1) is 28.6 Å². The van der Waals surface area contributed by atoms with Gasteiger partial charge in [-0.3, -0.25) is 4.98 Å². The number of aromatic nitrogens is 1. The fraction of sp³-hybridized carbons (Fsp3) is 0.389. The average Bonchev–Trinajstić information content (AvgIpc) is 2.95. The fourth-order valence-corrected chi connectivity index (χ4v) is 4.53. The number of nitrogens with two attached hydrogens (primary N) is 2. The van der Waals surface area contributed by atoms with Gasteiger partial charge >= 0.3 is 0 Å². The zero-order valence-electron chi connectivity index (χ0n) is 13.9. The second-order valence-electron chi connectivity index (χ2n) is 6.52. The Labute approximate surface area is 147 Å². The molecule has 0 saturated carbocycles. The van der Waals surface area contributed by atoms with Crippen molar-refractivity contribution in [2.75, 3.05) is 22.9 Å². The highest BCUT2D eigenvalue weighted by Crippen LogP contribution is 2.45. The average molecular weight is 341 g/mol. The molecular weight excluding hydrogens is 318 g/mol. The van der Waals surface area contributed by atoms with Crippen LogP contribution in [0.25, 0.3) is 0 Å². The van der Waals surface area contributed by atoms with Crippen LogP contribution in [-0.4, -0.2) is 29.5 Å². The number of pyridine rings is 1. The topological polar surface area (TPSA) is 71.4 Å². The van der Waals surface area contributed by atoms with E-state index in [1.165, 1.54) is 22.0 Å². The number of hydrogen-bond acceptors (Lipinski definition) is 6. The van der Waals surface area contributed by atoms with Crippen LogP contribution in [0, 0.1) is 0 Å². The van der Waals surface area contributed by atoms with Gasteiger partial charge in [0.25, 0.3) is 0 Å². The first-order valence-electron chi connectivity index (χ1n) is 8.41. The number of nitrogens with zero attached hydrogens (tertiary/aromatic N) is 3. The minimum absolute atomic E-state index is 0.0107. The van der Waals surface area contributed by atoms with Gasteiger partial charge in [0.2, 0.25) is 0 Å². The largest absolute Gasteiger partial charge is 0.368 e. The summed E-state index contributed by atoms with van der Waals surface area (Å²) < 4.78 is 0. The van der Waals surface area contributed by atoms with Crippen LogP contribution in [0.4, 0.5) is 11.4 Å². The third kappa shape index (κ3) is 2.75. The molecule has 4 rings (SSSR count). The molecule has 1 aromatic rings. The summed E-state index contributed by atoms with van der Waals surface area (Å²) in [5.41, 5.74) is 17.0. The van der Waals surface area contributed by atoms with E-state index in [1.807, 2.05) is 12.4 Å². The maximum atomic E-state index is 6.20. The third-order valence-corrected chi connectivity index (χ3v) is 5.73. The van der Waals surface area contributed by atoms with Crippen LogP contribution in [0.15, 0.2) is 53.0 Å². The Kier molecular flexibility index (Phi) is 4.12. The molecule has 126 valence electrons. The highest BCUT2D eigenvalue weighted by molar-refractivity contribution is 8.04. The zero-order chi connectivity index (χ0) is 16.7. The molecule has 1 aromatic heterocycles. The molecule has 24 heavy (non-hydrogen) atoms. The Bertz CT molecular complexity index is 739. The third-order valence-electron chi connectivity index (χ3n) is 4.72. The van der Waals surface area contributed by atoms with E-state index in [1.54, 1.807) is 11.8 Å². The summed E-state index contributed by atoms with van der Waals surface area (Å²) in [6.07, 6.45) is 12.5. The molecule has 1 fully saturated rings. The van der Waals surface area contributed by atoms with E-state index in [0.717, 1.165) is 31.6 Å². The van der Waals surface area contributed by atoms with Gasteiger partial charge < -0.3 is 21.3 Å². The van der Waals surface area contributed by atoms with Crippen LogP contribution in [-0.2, 0) is 0 Å². The van der Waals surface area contributed by atoms with Gasteiger partial charge in [0.15, 0.2) is 0 Å². The number of fused-ring (bicyclic) bond motifs is 1. The van der Waals surface area contributed by atoms with Gasteiger partial charge in [0, 0.05) is 35.9 Å². The summed E-state index contributed by atoms with van der Waals surface area (Å²) in [6.45, 7) is 4.06. The molecule has 0 spiro atoms.